The maximum absolute atomic E-state index is 11.9. The van der Waals surface area contributed by atoms with E-state index >= 15 is 0 Å². The highest BCUT2D eigenvalue weighted by molar-refractivity contribution is 9.10. The lowest BCUT2D eigenvalue weighted by Crippen LogP contribution is -2.36. The Morgan fingerprint density at radius 2 is 2.00 bits per heavy atom. The summed E-state index contributed by atoms with van der Waals surface area (Å²) in [7, 11) is 1.31. The van der Waals surface area contributed by atoms with E-state index in [2.05, 4.69) is 26.0 Å². The summed E-state index contributed by atoms with van der Waals surface area (Å²) in [6.45, 7) is 5.34. The van der Waals surface area contributed by atoms with Crippen LogP contribution in [0.15, 0.2) is 28.7 Å². The number of esters is 1. The number of halogens is 1. The van der Waals surface area contributed by atoms with Gasteiger partial charge in [-0.05, 0) is 38.5 Å². The number of alkyl carbamates (subject to hydrolysis) is 1. The Hall–Kier alpha value is -1.56. The van der Waals surface area contributed by atoms with E-state index in [1.165, 1.54) is 7.11 Å². The van der Waals surface area contributed by atoms with Gasteiger partial charge in [0.05, 0.1) is 19.6 Å². The third-order valence-corrected chi connectivity index (χ3v) is 3.03. The molecule has 1 rings (SSSR count). The van der Waals surface area contributed by atoms with Gasteiger partial charge in [-0.2, -0.15) is 0 Å². The topological polar surface area (TPSA) is 64.6 Å². The third kappa shape index (κ3) is 6.62. The van der Waals surface area contributed by atoms with Crippen LogP contribution in [0, 0.1) is 0 Å². The molecule has 116 valence electrons. The number of amides is 1. The molecule has 0 saturated heterocycles. The maximum atomic E-state index is 11.9. The van der Waals surface area contributed by atoms with Gasteiger partial charge in [-0.3, -0.25) is 4.79 Å². The molecule has 5 nitrogen and oxygen atoms in total. The van der Waals surface area contributed by atoms with Gasteiger partial charge in [-0.15, -0.1) is 0 Å². The van der Waals surface area contributed by atoms with Crippen LogP contribution in [0.2, 0.25) is 0 Å². The van der Waals surface area contributed by atoms with Gasteiger partial charge in [-0.25, -0.2) is 4.79 Å². The average Bonchev–Trinajstić information content (AvgIpc) is 2.35. The van der Waals surface area contributed by atoms with Crippen LogP contribution in [0.25, 0.3) is 0 Å². The van der Waals surface area contributed by atoms with Crippen molar-refractivity contribution < 1.29 is 19.1 Å². The van der Waals surface area contributed by atoms with Crippen molar-refractivity contribution in [3.05, 3.63) is 34.3 Å². The molecule has 1 amide bonds. The molecule has 1 N–H and O–H groups in total. The van der Waals surface area contributed by atoms with E-state index in [0.717, 1.165) is 10.0 Å². The molecule has 0 saturated carbocycles. The highest BCUT2D eigenvalue weighted by Gasteiger charge is 2.23. The molecular formula is C15H20BrNO4. The fourth-order valence-corrected chi connectivity index (χ4v) is 2.09. The first-order valence-corrected chi connectivity index (χ1v) is 7.32. The van der Waals surface area contributed by atoms with Crippen LogP contribution < -0.4 is 5.32 Å². The fraction of sp³-hybridized carbons (Fsp3) is 0.467. The number of nitrogens with one attached hydrogen (secondary N) is 1. The first-order valence-electron chi connectivity index (χ1n) is 6.53. The monoisotopic (exact) mass is 357 g/mol. The molecule has 0 fully saturated rings. The highest BCUT2D eigenvalue weighted by Crippen LogP contribution is 2.22. The number of carbonyl (C=O) groups excluding carboxylic acids is 2. The fourth-order valence-electron chi connectivity index (χ4n) is 1.68. The Morgan fingerprint density at radius 3 is 2.52 bits per heavy atom. The van der Waals surface area contributed by atoms with Crippen molar-refractivity contribution >= 4 is 28.0 Å². The summed E-state index contributed by atoms with van der Waals surface area (Å²) in [5.74, 6) is -0.406. The second kappa shape index (κ2) is 7.45. The lowest BCUT2D eigenvalue weighted by Gasteiger charge is -2.23. The number of ether oxygens (including phenoxy) is 2. The summed E-state index contributed by atoms with van der Waals surface area (Å²) in [6.07, 6.45) is -0.539. The number of hydrogen-bond acceptors (Lipinski definition) is 4. The molecule has 0 bridgehead atoms. The van der Waals surface area contributed by atoms with E-state index < -0.39 is 23.7 Å². The maximum Gasteiger partial charge on any atom is 0.408 e. The number of methoxy groups -OCH3 is 1. The highest BCUT2D eigenvalue weighted by atomic mass is 79.9. The molecule has 0 unspecified atom stereocenters. The minimum Gasteiger partial charge on any atom is -0.469 e. The average molecular weight is 358 g/mol. The third-order valence-electron chi connectivity index (χ3n) is 2.54. The van der Waals surface area contributed by atoms with Gasteiger partial charge in [0.15, 0.2) is 0 Å². The number of benzene rings is 1. The lowest BCUT2D eigenvalue weighted by molar-refractivity contribution is -0.141. The molecule has 0 spiro atoms. The summed E-state index contributed by atoms with van der Waals surface area (Å²) >= 11 is 3.37. The van der Waals surface area contributed by atoms with Crippen molar-refractivity contribution in [2.45, 2.75) is 38.8 Å². The first-order chi connectivity index (χ1) is 9.71. The molecule has 1 aromatic carbocycles. The molecular weight excluding hydrogens is 338 g/mol. The van der Waals surface area contributed by atoms with Gasteiger partial charge in [-0.1, -0.05) is 28.1 Å². The molecule has 21 heavy (non-hydrogen) atoms. The Balaban J connectivity index is 2.87. The summed E-state index contributed by atoms with van der Waals surface area (Å²) < 4.78 is 10.8. The first kappa shape index (κ1) is 17.5. The van der Waals surface area contributed by atoms with Crippen LogP contribution in [0.3, 0.4) is 0 Å². The van der Waals surface area contributed by atoms with Crippen molar-refractivity contribution in [3.63, 3.8) is 0 Å². The van der Waals surface area contributed by atoms with E-state index in [0.29, 0.717) is 0 Å². The van der Waals surface area contributed by atoms with Gasteiger partial charge < -0.3 is 14.8 Å². The molecule has 0 aromatic heterocycles. The molecule has 1 atom stereocenters. The standard InChI is InChI=1S/C15H20BrNO4/c1-15(2,3)21-14(19)17-12(9-13(18)20-4)10-6-5-7-11(16)8-10/h5-8,12H,9H2,1-4H3,(H,17,19)/t12-/m0/s1. The van der Waals surface area contributed by atoms with Crippen LogP contribution in [-0.4, -0.2) is 24.8 Å². The number of rotatable bonds is 4. The summed E-state index contributed by atoms with van der Waals surface area (Å²) in [5.41, 5.74) is 0.192. The zero-order valence-corrected chi connectivity index (χ0v) is 14.2. The SMILES string of the molecule is COC(=O)C[C@H](NC(=O)OC(C)(C)C)c1cccc(Br)c1. The summed E-state index contributed by atoms with van der Waals surface area (Å²) in [4.78, 5) is 23.4. The van der Waals surface area contributed by atoms with Crippen molar-refractivity contribution in [3.8, 4) is 0 Å². The minimum absolute atomic E-state index is 0.0339. The number of hydrogen-bond donors (Lipinski definition) is 1. The van der Waals surface area contributed by atoms with Crippen LogP contribution >= 0.6 is 15.9 Å². The van der Waals surface area contributed by atoms with E-state index in [1.54, 1.807) is 20.8 Å². The van der Waals surface area contributed by atoms with Crippen LogP contribution in [0.4, 0.5) is 4.79 Å². The predicted octanol–water partition coefficient (Wildman–Crippen LogP) is 3.58. The van der Waals surface area contributed by atoms with Crippen molar-refractivity contribution in [1.29, 1.82) is 0 Å². The second-order valence-electron chi connectivity index (χ2n) is 5.53. The normalized spacial score (nSPS) is 12.4. The summed E-state index contributed by atoms with van der Waals surface area (Å²) in [5, 5.41) is 2.70. The Labute approximate surface area is 133 Å². The minimum atomic E-state index is -0.600. The van der Waals surface area contributed by atoms with Gasteiger partial charge in [0, 0.05) is 4.47 Å². The van der Waals surface area contributed by atoms with E-state index in [1.807, 2.05) is 24.3 Å². The Bertz CT molecular complexity index is 511. The van der Waals surface area contributed by atoms with Crippen molar-refractivity contribution in [2.24, 2.45) is 0 Å². The molecule has 0 aliphatic rings. The second-order valence-corrected chi connectivity index (χ2v) is 6.45. The zero-order chi connectivity index (χ0) is 16.0. The van der Waals surface area contributed by atoms with Crippen molar-refractivity contribution in [1.82, 2.24) is 5.32 Å². The zero-order valence-electron chi connectivity index (χ0n) is 12.6. The largest absolute Gasteiger partial charge is 0.469 e. The van der Waals surface area contributed by atoms with Gasteiger partial charge in [0.2, 0.25) is 0 Å². The molecule has 0 heterocycles. The lowest BCUT2D eigenvalue weighted by atomic mass is 10.0. The molecule has 0 radical (unpaired) electrons. The van der Waals surface area contributed by atoms with Gasteiger partial charge >= 0.3 is 12.1 Å². The van der Waals surface area contributed by atoms with Gasteiger partial charge in [0.1, 0.15) is 5.60 Å². The van der Waals surface area contributed by atoms with E-state index in [9.17, 15) is 9.59 Å². The molecule has 1 aromatic rings. The summed E-state index contributed by atoms with van der Waals surface area (Å²) in [6, 6.07) is 6.86. The Morgan fingerprint density at radius 1 is 1.33 bits per heavy atom. The molecule has 0 aliphatic carbocycles. The molecule has 0 aliphatic heterocycles. The van der Waals surface area contributed by atoms with Crippen LogP contribution in [0.1, 0.15) is 38.8 Å². The smallest absolute Gasteiger partial charge is 0.408 e. The number of carbonyl (C=O) groups is 2. The van der Waals surface area contributed by atoms with E-state index in [4.69, 9.17) is 4.74 Å². The predicted molar refractivity (Wildman–Crippen MR) is 82.9 cm³/mol. The van der Waals surface area contributed by atoms with E-state index in [-0.39, 0.29) is 6.42 Å². The van der Waals surface area contributed by atoms with Gasteiger partial charge in [0.25, 0.3) is 0 Å². The Kier molecular flexibility index (Phi) is 6.20. The molecule has 6 heteroatoms. The quantitative estimate of drug-likeness (QED) is 0.836. The van der Waals surface area contributed by atoms with Crippen LogP contribution in [0.5, 0.6) is 0 Å². The van der Waals surface area contributed by atoms with Crippen molar-refractivity contribution in [2.75, 3.05) is 7.11 Å². The van der Waals surface area contributed by atoms with Crippen LogP contribution in [-0.2, 0) is 14.3 Å².